The number of ketones is 1. The lowest BCUT2D eigenvalue weighted by atomic mass is 9.59. The Morgan fingerprint density at radius 1 is 1.20 bits per heavy atom. The minimum atomic E-state index is -0.0743. The van der Waals surface area contributed by atoms with Crippen LogP contribution in [0.25, 0.3) is 0 Å². The normalized spacial score (nSPS) is 52.3. The van der Waals surface area contributed by atoms with E-state index in [1.165, 1.54) is 19.3 Å². The summed E-state index contributed by atoms with van der Waals surface area (Å²) < 4.78 is 0. The second-order valence-electron chi connectivity index (χ2n) is 7.90. The van der Waals surface area contributed by atoms with Gasteiger partial charge in [-0.3, -0.25) is 9.69 Å². The molecule has 4 rings (SSSR count). The number of nitrogens with zero attached hydrogens (tertiary/aromatic N) is 1. The number of aliphatic hydroxyl groups is 1. The molecule has 0 unspecified atom stereocenters. The van der Waals surface area contributed by atoms with E-state index >= 15 is 0 Å². The zero-order chi connectivity index (χ0) is 13.9. The third-order valence-corrected chi connectivity index (χ3v) is 7.10. The van der Waals surface area contributed by atoms with Crippen LogP contribution in [0.15, 0.2) is 0 Å². The molecule has 0 aromatic carbocycles. The van der Waals surface area contributed by atoms with E-state index in [-0.39, 0.29) is 11.5 Å². The number of carbonyl (C=O) groups excluding carboxylic acids is 1. The van der Waals surface area contributed by atoms with Crippen LogP contribution in [0.3, 0.4) is 0 Å². The van der Waals surface area contributed by atoms with E-state index in [1.54, 1.807) is 0 Å². The summed E-state index contributed by atoms with van der Waals surface area (Å²) in [6.07, 6.45) is 8.63. The highest BCUT2D eigenvalue weighted by Gasteiger charge is 2.56. The molecule has 20 heavy (non-hydrogen) atoms. The lowest BCUT2D eigenvalue weighted by Gasteiger charge is -2.56. The highest BCUT2D eigenvalue weighted by atomic mass is 16.3. The van der Waals surface area contributed by atoms with E-state index in [4.69, 9.17) is 0 Å². The monoisotopic (exact) mass is 277 g/mol. The molecule has 0 spiro atoms. The van der Waals surface area contributed by atoms with Crippen molar-refractivity contribution in [2.45, 2.75) is 76.5 Å². The van der Waals surface area contributed by atoms with Crippen molar-refractivity contribution in [3.8, 4) is 0 Å². The number of hydrogen-bond acceptors (Lipinski definition) is 3. The maximum absolute atomic E-state index is 12.3. The van der Waals surface area contributed by atoms with Crippen molar-refractivity contribution in [3.05, 3.63) is 0 Å². The van der Waals surface area contributed by atoms with Gasteiger partial charge < -0.3 is 5.11 Å². The first-order valence-electron chi connectivity index (χ1n) is 8.57. The molecule has 2 aliphatic heterocycles. The highest BCUT2D eigenvalue weighted by Crippen LogP contribution is 2.56. The van der Waals surface area contributed by atoms with Crippen LogP contribution in [0.4, 0.5) is 0 Å². The summed E-state index contributed by atoms with van der Waals surface area (Å²) in [5, 5.41) is 9.90. The lowest BCUT2D eigenvalue weighted by molar-refractivity contribution is -0.134. The van der Waals surface area contributed by atoms with Crippen LogP contribution in [-0.4, -0.2) is 40.5 Å². The highest BCUT2D eigenvalue weighted by molar-refractivity contribution is 5.87. The van der Waals surface area contributed by atoms with Crippen LogP contribution >= 0.6 is 0 Å². The zero-order valence-corrected chi connectivity index (χ0v) is 12.6. The van der Waals surface area contributed by atoms with Gasteiger partial charge in [0.25, 0.3) is 0 Å². The first kappa shape index (κ1) is 13.3. The first-order chi connectivity index (χ1) is 9.59. The maximum Gasteiger partial charge on any atom is 0.139 e. The van der Waals surface area contributed by atoms with Crippen molar-refractivity contribution >= 4 is 5.78 Å². The molecule has 2 aliphatic carbocycles. The van der Waals surface area contributed by atoms with Gasteiger partial charge >= 0.3 is 0 Å². The average molecular weight is 277 g/mol. The Morgan fingerprint density at radius 2 is 2.05 bits per heavy atom. The van der Waals surface area contributed by atoms with Crippen LogP contribution in [0.2, 0.25) is 0 Å². The van der Waals surface area contributed by atoms with Gasteiger partial charge in [-0.25, -0.2) is 0 Å². The first-order valence-corrected chi connectivity index (χ1v) is 8.57. The number of fused-ring (bicyclic) bond motifs is 5. The Kier molecular flexibility index (Phi) is 3.01. The summed E-state index contributed by atoms with van der Waals surface area (Å²) in [5.74, 6) is 1.92. The van der Waals surface area contributed by atoms with Gasteiger partial charge in [0.05, 0.1) is 6.10 Å². The van der Waals surface area contributed by atoms with Gasteiger partial charge in [-0.1, -0.05) is 6.92 Å². The molecule has 0 aromatic heterocycles. The van der Waals surface area contributed by atoms with Crippen molar-refractivity contribution in [3.63, 3.8) is 0 Å². The van der Waals surface area contributed by atoms with E-state index in [1.807, 2.05) is 0 Å². The predicted octanol–water partition coefficient (Wildman–Crippen LogP) is 2.37. The summed E-state index contributed by atoms with van der Waals surface area (Å²) in [4.78, 5) is 15.0. The number of Topliss-reactive ketones (excluding diaryl/α,β-unsaturated/α-hetero) is 1. The van der Waals surface area contributed by atoms with Gasteiger partial charge in [-0.15, -0.1) is 0 Å². The molecule has 4 aliphatic rings. The van der Waals surface area contributed by atoms with E-state index in [9.17, 15) is 9.90 Å². The SMILES string of the molecule is C[C@]12CC[C@H]3[C@@H](CC[C@H]4C[C@@H](O)CCN43)[C@@H]1CCC2=O. The van der Waals surface area contributed by atoms with Crippen LogP contribution < -0.4 is 0 Å². The molecule has 3 nitrogen and oxygen atoms in total. The van der Waals surface area contributed by atoms with E-state index in [0.29, 0.717) is 23.8 Å². The number of aliphatic hydroxyl groups excluding tert-OH is 1. The molecule has 3 heteroatoms. The molecule has 0 aromatic rings. The summed E-state index contributed by atoms with van der Waals surface area (Å²) in [7, 11) is 0. The standard InChI is InChI=1S/C17H27NO2/c1-17-8-6-15-13(14(17)4-5-16(17)20)3-2-11-10-12(19)7-9-18(11)15/h11-15,19H,2-10H2,1H3/t11-,12-,13-,14-,15-,17-/m0/s1. The van der Waals surface area contributed by atoms with Crippen molar-refractivity contribution in [1.29, 1.82) is 0 Å². The van der Waals surface area contributed by atoms with E-state index in [2.05, 4.69) is 11.8 Å². The molecule has 2 saturated heterocycles. The third kappa shape index (κ3) is 1.75. The van der Waals surface area contributed by atoms with Gasteiger partial charge in [0, 0.05) is 30.5 Å². The summed E-state index contributed by atoms with van der Waals surface area (Å²) in [6, 6.07) is 1.31. The van der Waals surface area contributed by atoms with Crippen molar-refractivity contribution in [1.82, 2.24) is 4.90 Å². The van der Waals surface area contributed by atoms with Crippen LogP contribution in [0.5, 0.6) is 0 Å². The predicted molar refractivity (Wildman–Crippen MR) is 77.3 cm³/mol. The second kappa shape index (κ2) is 4.54. The zero-order valence-electron chi connectivity index (χ0n) is 12.6. The Bertz CT molecular complexity index is 423. The van der Waals surface area contributed by atoms with E-state index in [0.717, 1.165) is 44.6 Å². The minimum absolute atomic E-state index is 0.00328. The van der Waals surface area contributed by atoms with Crippen molar-refractivity contribution in [2.24, 2.45) is 17.3 Å². The largest absolute Gasteiger partial charge is 0.393 e. The van der Waals surface area contributed by atoms with Gasteiger partial charge in [-0.05, 0) is 56.8 Å². The Hall–Kier alpha value is -0.410. The smallest absolute Gasteiger partial charge is 0.139 e. The van der Waals surface area contributed by atoms with Crippen LogP contribution in [0.1, 0.15) is 58.3 Å². The quantitative estimate of drug-likeness (QED) is 0.739. The third-order valence-electron chi connectivity index (χ3n) is 7.10. The molecular weight excluding hydrogens is 250 g/mol. The van der Waals surface area contributed by atoms with E-state index < -0.39 is 0 Å². The Balaban J connectivity index is 1.58. The Morgan fingerprint density at radius 3 is 2.90 bits per heavy atom. The Labute approximate surface area is 121 Å². The summed E-state index contributed by atoms with van der Waals surface area (Å²) in [5.41, 5.74) is 0.00328. The van der Waals surface area contributed by atoms with Gasteiger partial charge in [0.15, 0.2) is 0 Å². The molecule has 0 amide bonds. The topological polar surface area (TPSA) is 40.5 Å². The molecular formula is C17H27NO2. The molecule has 1 N–H and O–H groups in total. The average Bonchev–Trinajstić information content (AvgIpc) is 2.74. The molecule has 4 fully saturated rings. The van der Waals surface area contributed by atoms with Crippen LogP contribution in [0, 0.1) is 17.3 Å². The fourth-order valence-corrected chi connectivity index (χ4v) is 6.00. The van der Waals surface area contributed by atoms with Crippen molar-refractivity contribution in [2.75, 3.05) is 6.54 Å². The maximum atomic E-state index is 12.3. The number of carbonyl (C=O) groups is 1. The fourth-order valence-electron chi connectivity index (χ4n) is 6.00. The fraction of sp³-hybridized carbons (Fsp3) is 0.941. The summed E-state index contributed by atoms with van der Waals surface area (Å²) in [6.45, 7) is 3.32. The minimum Gasteiger partial charge on any atom is -0.393 e. The molecule has 0 radical (unpaired) electrons. The molecule has 2 saturated carbocycles. The van der Waals surface area contributed by atoms with Gasteiger partial charge in [-0.2, -0.15) is 0 Å². The number of rotatable bonds is 0. The lowest BCUT2D eigenvalue weighted by Crippen LogP contribution is -2.60. The van der Waals surface area contributed by atoms with Gasteiger partial charge in [0.2, 0.25) is 0 Å². The summed E-state index contributed by atoms with van der Waals surface area (Å²) >= 11 is 0. The van der Waals surface area contributed by atoms with Gasteiger partial charge in [0.1, 0.15) is 5.78 Å². The van der Waals surface area contributed by atoms with Crippen LogP contribution in [-0.2, 0) is 4.79 Å². The molecule has 0 bridgehead atoms. The number of piperidine rings is 2. The second-order valence-corrected chi connectivity index (χ2v) is 7.90. The molecule has 2 heterocycles. The molecule has 112 valence electrons. The molecule has 6 atom stereocenters. The number of hydrogen-bond donors (Lipinski definition) is 1. The van der Waals surface area contributed by atoms with Crippen molar-refractivity contribution < 1.29 is 9.90 Å².